The third-order valence-electron chi connectivity index (χ3n) is 4.35. The summed E-state index contributed by atoms with van der Waals surface area (Å²) in [6.07, 6.45) is 4.88. The van der Waals surface area contributed by atoms with E-state index in [1.54, 1.807) is 0 Å². The third kappa shape index (κ3) is 3.23. The van der Waals surface area contributed by atoms with Crippen molar-refractivity contribution in [1.29, 1.82) is 0 Å². The van der Waals surface area contributed by atoms with E-state index in [0.29, 0.717) is 11.9 Å². The van der Waals surface area contributed by atoms with Gasteiger partial charge in [0.2, 0.25) is 5.91 Å². The van der Waals surface area contributed by atoms with Gasteiger partial charge in [-0.2, -0.15) is 0 Å². The minimum Gasteiger partial charge on any atom is -0.341 e. The molecule has 2 saturated heterocycles. The fourth-order valence-electron chi connectivity index (χ4n) is 3.11. The van der Waals surface area contributed by atoms with Gasteiger partial charge in [-0.1, -0.05) is 6.92 Å². The number of carbonyl (C=O) groups is 1. The number of hydrogen-bond acceptors (Lipinski definition) is 3. The van der Waals surface area contributed by atoms with Crippen LogP contribution in [0.2, 0.25) is 0 Å². The van der Waals surface area contributed by atoms with Gasteiger partial charge < -0.3 is 10.2 Å². The maximum absolute atomic E-state index is 12.4. The summed E-state index contributed by atoms with van der Waals surface area (Å²) < 4.78 is 0. The Morgan fingerprint density at radius 1 is 1.39 bits per heavy atom. The molecule has 18 heavy (non-hydrogen) atoms. The van der Waals surface area contributed by atoms with Crippen LogP contribution in [0.25, 0.3) is 0 Å². The molecule has 0 saturated carbocycles. The van der Waals surface area contributed by atoms with Gasteiger partial charge in [-0.15, -0.1) is 0 Å². The maximum Gasteiger partial charge on any atom is 0.239 e. The number of nitrogens with one attached hydrogen (secondary N) is 1. The number of carbonyl (C=O) groups excluding carboxylic acids is 1. The second-order valence-corrected chi connectivity index (χ2v) is 5.59. The fourth-order valence-corrected chi connectivity index (χ4v) is 3.11. The van der Waals surface area contributed by atoms with Crippen molar-refractivity contribution in [3.05, 3.63) is 0 Å². The zero-order valence-electron chi connectivity index (χ0n) is 11.8. The van der Waals surface area contributed by atoms with Crippen molar-refractivity contribution < 1.29 is 4.79 Å². The molecule has 0 aromatic rings. The highest BCUT2D eigenvalue weighted by molar-refractivity contribution is 5.81. The van der Waals surface area contributed by atoms with Crippen LogP contribution in [0.3, 0.4) is 0 Å². The van der Waals surface area contributed by atoms with Crippen LogP contribution >= 0.6 is 0 Å². The Bertz CT molecular complexity index is 270. The molecule has 2 heterocycles. The molecule has 0 aromatic heterocycles. The van der Waals surface area contributed by atoms with Gasteiger partial charge in [-0.05, 0) is 45.7 Å². The lowest BCUT2D eigenvalue weighted by Gasteiger charge is -2.32. The summed E-state index contributed by atoms with van der Waals surface area (Å²) in [6.45, 7) is 9.25. The van der Waals surface area contributed by atoms with E-state index < -0.39 is 0 Å². The van der Waals surface area contributed by atoms with Crippen molar-refractivity contribution in [3.8, 4) is 0 Å². The molecule has 2 rings (SSSR count). The number of hydrogen-bond donors (Lipinski definition) is 1. The van der Waals surface area contributed by atoms with Crippen molar-refractivity contribution in [2.24, 2.45) is 0 Å². The summed E-state index contributed by atoms with van der Waals surface area (Å²) in [5.74, 6) is 0.326. The largest absolute Gasteiger partial charge is 0.341 e. The van der Waals surface area contributed by atoms with Crippen LogP contribution in [0, 0.1) is 0 Å². The Hall–Kier alpha value is -0.610. The SMILES string of the molecule is CCN(CC1CCCN1)C(C)C(=O)N1CCCC1. The standard InChI is InChI=1S/C14H27N3O/c1-3-16(11-13-7-6-8-15-13)12(2)14(18)17-9-4-5-10-17/h12-13,15H,3-11H2,1-2H3. The van der Waals surface area contributed by atoms with Crippen LogP contribution in [0.15, 0.2) is 0 Å². The molecule has 2 atom stereocenters. The first-order valence-electron chi connectivity index (χ1n) is 7.48. The Morgan fingerprint density at radius 3 is 2.67 bits per heavy atom. The summed E-state index contributed by atoms with van der Waals surface area (Å²) >= 11 is 0. The van der Waals surface area contributed by atoms with Crippen molar-refractivity contribution in [1.82, 2.24) is 15.1 Å². The lowest BCUT2D eigenvalue weighted by molar-refractivity contribution is -0.135. The first kappa shape index (κ1) is 13.8. The highest BCUT2D eigenvalue weighted by atomic mass is 16.2. The van der Waals surface area contributed by atoms with Crippen LogP contribution in [0.1, 0.15) is 39.5 Å². The van der Waals surface area contributed by atoms with Gasteiger partial charge in [-0.3, -0.25) is 9.69 Å². The van der Waals surface area contributed by atoms with Crippen LogP contribution in [-0.4, -0.2) is 60.5 Å². The van der Waals surface area contributed by atoms with Gasteiger partial charge in [0, 0.05) is 25.7 Å². The monoisotopic (exact) mass is 253 g/mol. The first-order chi connectivity index (χ1) is 8.72. The zero-order chi connectivity index (χ0) is 13.0. The fraction of sp³-hybridized carbons (Fsp3) is 0.929. The minimum absolute atomic E-state index is 0.0375. The predicted molar refractivity (Wildman–Crippen MR) is 73.5 cm³/mol. The van der Waals surface area contributed by atoms with Gasteiger partial charge in [0.1, 0.15) is 0 Å². The Balaban J connectivity index is 1.86. The number of amides is 1. The highest BCUT2D eigenvalue weighted by Crippen LogP contribution is 2.14. The number of likely N-dealkylation sites (N-methyl/N-ethyl adjacent to an activating group) is 1. The van der Waals surface area contributed by atoms with E-state index in [-0.39, 0.29) is 6.04 Å². The number of nitrogens with zero attached hydrogens (tertiary/aromatic N) is 2. The van der Waals surface area contributed by atoms with Crippen LogP contribution < -0.4 is 5.32 Å². The molecular weight excluding hydrogens is 226 g/mol. The van der Waals surface area contributed by atoms with E-state index in [0.717, 1.165) is 32.7 Å². The second-order valence-electron chi connectivity index (χ2n) is 5.59. The van der Waals surface area contributed by atoms with E-state index >= 15 is 0 Å². The number of likely N-dealkylation sites (tertiary alicyclic amines) is 1. The van der Waals surface area contributed by atoms with E-state index in [2.05, 4.69) is 24.1 Å². The van der Waals surface area contributed by atoms with Gasteiger partial charge in [0.25, 0.3) is 0 Å². The molecule has 2 aliphatic heterocycles. The van der Waals surface area contributed by atoms with E-state index in [4.69, 9.17) is 0 Å². The molecule has 1 amide bonds. The summed E-state index contributed by atoms with van der Waals surface area (Å²) in [5, 5.41) is 3.52. The van der Waals surface area contributed by atoms with Gasteiger partial charge in [0.05, 0.1) is 6.04 Å². The van der Waals surface area contributed by atoms with Gasteiger partial charge in [-0.25, -0.2) is 0 Å². The molecule has 4 nitrogen and oxygen atoms in total. The zero-order valence-corrected chi connectivity index (χ0v) is 11.8. The molecule has 4 heteroatoms. The van der Waals surface area contributed by atoms with Crippen molar-refractivity contribution in [3.63, 3.8) is 0 Å². The minimum atomic E-state index is 0.0375. The molecule has 1 N–H and O–H groups in total. The first-order valence-corrected chi connectivity index (χ1v) is 7.48. The molecule has 2 unspecified atom stereocenters. The normalized spacial score (nSPS) is 25.9. The maximum atomic E-state index is 12.4. The molecule has 2 aliphatic rings. The van der Waals surface area contributed by atoms with E-state index in [1.165, 1.54) is 25.7 Å². The third-order valence-corrected chi connectivity index (χ3v) is 4.35. The van der Waals surface area contributed by atoms with E-state index in [9.17, 15) is 4.79 Å². The Labute approximate surface area is 111 Å². The second kappa shape index (κ2) is 6.53. The summed E-state index contributed by atoms with van der Waals surface area (Å²) in [5.41, 5.74) is 0. The molecule has 0 radical (unpaired) electrons. The highest BCUT2D eigenvalue weighted by Gasteiger charge is 2.28. The van der Waals surface area contributed by atoms with Crippen molar-refractivity contribution >= 4 is 5.91 Å². The molecule has 2 fully saturated rings. The smallest absolute Gasteiger partial charge is 0.239 e. The van der Waals surface area contributed by atoms with Gasteiger partial charge in [0.15, 0.2) is 0 Å². The summed E-state index contributed by atoms with van der Waals surface area (Å²) in [7, 11) is 0. The van der Waals surface area contributed by atoms with E-state index in [1.807, 2.05) is 4.90 Å². The molecule has 0 spiro atoms. The summed E-state index contributed by atoms with van der Waals surface area (Å²) in [4.78, 5) is 16.7. The quantitative estimate of drug-likeness (QED) is 0.796. The lowest BCUT2D eigenvalue weighted by Crippen LogP contribution is -2.49. The molecule has 0 bridgehead atoms. The van der Waals surface area contributed by atoms with Crippen LogP contribution in [0.4, 0.5) is 0 Å². The lowest BCUT2D eigenvalue weighted by atomic mass is 10.1. The molecular formula is C14H27N3O. The van der Waals surface area contributed by atoms with Crippen LogP contribution in [0.5, 0.6) is 0 Å². The average molecular weight is 253 g/mol. The van der Waals surface area contributed by atoms with Crippen molar-refractivity contribution in [2.45, 2.75) is 51.6 Å². The molecule has 104 valence electrons. The average Bonchev–Trinajstić information content (AvgIpc) is 3.06. The van der Waals surface area contributed by atoms with Gasteiger partial charge >= 0.3 is 0 Å². The molecule has 0 aliphatic carbocycles. The predicted octanol–water partition coefficient (Wildman–Crippen LogP) is 1.07. The number of rotatable bonds is 5. The van der Waals surface area contributed by atoms with Crippen molar-refractivity contribution in [2.75, 3.05) is 32.7 Å². The Kier molecular flexibility index (Phi) is 5.01. The van der Waals surface area contributed by atoms with Crippen LogP contribution in [-0.2, 0) is 4.79 Å². The molecule has 0 aromatic carbocycles. The topological polar surface area (TPSA) is 35.6 Å². The Morgan fingerprint density at radius 2 is 2.11 bits per heavy atom. The summed E-state index contributed by atoms with van der Waals surface area (Å²) in [6, 6.07) is 0.620.